The number of nitrogens with one attached hydrogen (secondary N) is 1. The van der Waals surface area contributed by atoms with Crippen molar-refractivity contribution in [1.82, 2.24) is 24.7 Å². The van der Waals surface area contributed by atoms with E-state index in [0.29, 0.717) is 33.3 Å². The molecule has 0 unspecified atom stereocenters. The summed E-state index contributed by atoms with van der Waals surface area (Å²) in [6.07, 6.45) is -5.10. The molecule has 3 aromatic heterocycles. The molecule has 0 fully saturated rings. The van der Waals surface area contributed by atoms with E-state index < -0.39 is 6.36 Å². The van der Waals surface area contributed by atoms with Crippen LogP contribution < -0.4 is 9.47 Å². The summed E-state index contributed by atoms with van der Waals surface area (Å²) in [5, 5.41) is 5.03. The molecule has 0 aliphatic carbocycles. The number of fused-ring (bicyclic) bond motifs is 1. The van der Waals surface area contributed by atoms with E-state index in [4.69, 9.17) is 16.3 Å². The van der Waals surface area contributed by atoms with Crippen LogP contribution in [0.1, 0.15) is 40.3 Å². The van der Waals surface area contributed by atoms with Crippen molar-refractivity contribution in [2.45, 2.75) is 52.5 Å². The van der Waals surface area contributed by atoms with Gasteiger partial charge in [0.05, 0.1) is 28.0 Å². The first kappa shape index (κ1) is 28.3. The summed E-state index contributed by atoms with van der Waals surface area (Å²) in [6, 6.07) is 7.37. The third-order valence-corrected chi connectivity index (χ3v) is 5.46. The SMILES string of the molecule is CC(C)Oc1nc(-c2ccccc2OC(F)(F)F)cc2nc(-c3c(Cl)c(C(C)(C)C)nn3C)[nH]c12.[NaH]. The van der Waals surface area contributed by atoms with Crippen molar-refractivity contribution in [3.05, 3.63) is 41.0 Å². The fourth-order valence-electron chi connectivity index (χ4n) is 3.67. The van der Waals surface area contributed by atoms with Gasteiger partial charge >= 0.3 is 35.9 Å². The van der Waals surface area contributed by atoms with Crippen LogP contribution >= 0.6 is 11.6 Å². The van der Waals surface area contributed by atoms with E-state index in [0.717, 1.165) is 0 Å². The van der Waals surface area contributed by atoms with Gasteiger partial charge in [-0.15, -0.1) is 13.2 Å². The number of ether oxygens (including phenoxy) is 2. The molecule has 0 amide bonds. The van der Waals surface area contributed by atoms with Gasteiger partial charge in [0.1, 0.15) is 17.0 Å². The average molecular weight is 532 g/mol. The van der Waals surface area contributed by atoms with Crippen LogP contribution in [0.2, 0.25) is 5.02 Å². The molecule has 1 aromatic carbocycles. The van der Waals surface area contributed by atoms with Crippen molar-refractivity contribution < 1.29 is 22.6 Å². The Hall–Kier alpha value is -2.27. The first-order chi connectivity index (χ1) is 16.2. The van der Waals surface area contributed by atoms with Crippen molar-refractivity contribution in [2.75, 3.05) is 0 Å². The first-order valence-electron chi connectivity index (χ1n) is 10.9. The summed E-state index contributed by atoms with van der Waals surface area (Å²) in [5.74, 6) is 0.257. The van der Waals surface area contributed by atoms with Crippen LogP contribution in [-0.2, 0) is 12.5 Å². The topological polar surface area (TPSA) is 77.8 Å². The van der Waals surface area contributed by atoms with Gasteiger partial charge in [0.25, 0.3) is 0 Å². The molecular formula is C24H26ClF3N5NaO2. The number of rotatable bonds is 5. The minimum absolute atomic E-state index is 0. The molecule has 0 saturated heterocycles. The van der Waals surface area contributed by atoms with Gasteiger partial charge < -0.3 is 14.5 Å². The third kappa shape index (κ3) is 5.82. The Bertz CT molecular complexity index is 1390. The second-order valence-electron chi connectivity index (χ2n) is 9.39. The predicted molar refractivity (Wildman–Crippen MR) is 135 cm³/mol. The quantitative estimate of drug-likeness (QED) is 0.319. The van der Waals surface area contributed by atoms with Crippen LogP contribution in [0.4, 0.5) is 13.2 Å². The van der Waals surface area contributed by atoms with Gasteiger partial charge in [-0.05, 0) is 32.0 Å². The van der Waals surface area contributed by atoms with Crippen LogP contribution in [0.15, 0.2) is 30.3 Å². The number of aryl methyl sites for hydroxylation is 1. The van der Waals surface area contributed by atoms with Crippen molar-refractivity contribution in [1.29, 1.82) is 0 Å². The monoisotopic (exact) mass is 531 g/mol. The standard InChI is InChI=1S/C24H25ClF3N5O2.Na.H/c1-12(2)34-22-18-15(11-14(30-22)13-9-7-8-10-16(13)35-24(26,27)28)29-21(31-18)19-17(25)20(23(3,4)5)32-33(19)6;;/h7-12H,1-6H3,(H,29,31);;. The van der Waals surface area contributed by atoms with E-state index in [1.54, 1.807) is 23.9 Å². The average Bonchev–Trinajstić information content (AvgIpc) is 3.26. The van der Waals surface area contributed by atoms with Crippen molar-refractivity contribution in [3.8, 4) is 34.4 Å². The maximum absolute atomic E-state index is 13.0. The van der Waals surface area contributed by atoms with Gasteiger partial charge in [-0.25, -0.2) is 9.97 Å². The van der Waals surface area contributed by atoms with Crippen molar-refractivity contribution >= 4 is 52.2 Å². The van der Waals surface area contributed by atoms with Gasteiger partial charge in [0.15, 0.2) is 5.82 Å². The number of nitrogens with zero attached hydrogens (tertiary/aromatic N) is 4. The molecule has 4 rings (SSSR count). The Balaban J connectivity index is 0.00000361. The number of aromatic nitrogens is 5. The number of aromatic amines is 1. The molecule has 0 aliphatic rings. The molecule has 0 aliphatic heterocycles. The van der Waals surface area contributed by atoms with E-state index in [1.165, 1.54) is 18.2 Å². The minimum atomic E-state index is -4.85. The van der Waals surface area contributed by atoms with Crippen LogP contribution in [-0.4, -0.2) is 66.8 Å². The Labute approximate surface area is 233 Å². The predicted octanol–water partition coefficient (Wildman–Crippen LogP) is 6.01. The van der Waals surface area contributed by atoms with Crippen LogP contribution in [0.5, 0.6) is 11.6 Å². The number of benzene rings is 1. The number of pyridine rings is 1. The molecule has 0 spiro atoms. The van der Waals surface area contributed by atoms with E-state index >= 15 is 0 Å². The number of halogens is 4. The molecule has 7 nitrogen and oxygen atoms in total. The summed E-state index contributed by atoms with van der Waals surface area (Å²) in [6.45, 7) is 9.68. The zero-order chi connectivity index (χ0) is 25.7. The normalized spacial score (nSPS) is 12.2. The summed E-state index contributed by atoms with van der Waals surface area (Å²) >= 11 is 6.70. The number of alkyl halides is 3. The van der Waals surface area contributed by atoms with Crippen molar-refractivity contribution in [3.63, 3.8) is 0 Å². The fraction of sp³-hybridized carbons (Fsp3) is 0.375. The summed E-state index contributed by atoms with van der Waals surface area (Å²) in [7, 11) is 1.77. The molecular weight excluding hydrogens is 506 g/mol. The number of para-hydroxylation sites is 1. The first-order valence-corrected chi connectivity index (χ1v) is 11.3. The van der Waals surface area contributed by atoms with Crippen LogP contribution in [0, 0.1) is 0 Å². The molecule has 0 radical (unpaired) electrons. The van der Waals surface area contributed by atoms with Crippen LogP contribution in [0.25, 0.3) is 33.8 Å². The zero-order valence-corrected chi connectivity index (χ0v) is 20.8. The Morgan fingerprint density at radius 3 is 2.33 bits per heavy atom. The number of H-pyrrole nitrogens is 1. The van der Waals surface area contributed by atoms with Gasteiger partial charge in [-0.1, -0.05) is 44.5 Å². The Morgan fingerprint density at radius 1 is 1.08 bits per heavy atom. The van der Waals surface area contributed by atoms with E-state index in [-0.39, 0.29) is 64.0 Å². The van der Waals surface area contributed by atoms with Crippen LogP contribution in [0.3, 0.4) is 0 Å². The second kappa shape index (κ2) is 10.2. The Kier molecular flexibility index (Phi) is 8.05. The molecule has 0 bridgehead atoms. The molecule has 3 heterocycles. The fourth-order valence-corrected chi connectivity index (χ4v) is 4.20. The molecule has 36 heavy (non-hydrogen) atoms. The van der Waals surface area contributed by atoms with E-state index in [2.05, 4.69) is 24.8 Å². The molecule has 12 heteroatoms. The number of hydrogen-bond donors (Lipinski definition) is 1. The number of imidazole rings is 1. The molecule has 0 atom stereocenters. The molecule has 0 saturated carbocycles. The second-order valence-corrected chi connectivity index (χ2v) is 9.77. The van der Waals surface area contributed by atoms with Gasteiger partial charge in [0, 0.05) is 18.0 Å². The zero-order valence-electron chi connectivity index (χ0n) is 20.1. The molecule has 1 N–H and O–H groups in total. The summed E-state index contributed by atoms with van der Waals surface area (Å²) < 4.78 is 50.7. The maximum atomic E-state index is 13.0. The summed E-state index contributed by atoms with van der Waals surface area (Å²) in [5.41, 5.74) is 2.30. The third-order valence-electron chi connectivity index (χ3n) is 5.10. The van der Waals surface area contributed by atoms with E-state index in [1.807, 2.05) is 34.6 Å². The van der Waals surface area contributed by atoms with Crippen molar-refractivity contribution in [2.24, 2.45) is 7.05 Å². The molecule has 4 aromatic rings. The van der Waals surface area contributed by atoms with Gasteiger partial charge in [-0.3, -0.25) is 4.68 Å². The Morgan fingerprint density at radius 2 is 1.75 bits per heavy atom. The van der Waals surface area contributed by atoms with Gasteiger partial charge in [-0.2, -0.15) is 5.10 Å². The van der Waals surface area contributed by atoms with E-state index in [9.17, 15) is 13.2 Å². The van der Waals surface area contributed by atoms with Gasteiger partial charge in [0.2, 0.25) is 5.88 Å². The summed E-state index contributed by atoms with van der Waals surface area (Å²) in [4.78, 5) is 12.4. The number of hydrogen-bond acceptors (Lipinski definition) is 5. The molecule has 188 valence electrons.